The minimum atomic E-state index is -0.114. The van der Waals surface area contributed by atoms with Crippen LogP contribution in [0.1, 0.15) is 12.5 Å². The minimum Gasteiger partial charge on any atom is -0.497 e. The van der Waals surface area contributed by atoms with E-state index in [2.05, 4.69) is 4.98 Å². The van der Waals surface area contributed by atoms with Crippen LogP contribution in [0.15, 0.2) is 40.3 Å². The molecule has 0 saturated heterocycles. The summed E-state index contributed by atoms with van der Waals surface area (Å²) >= 11 is 7.37. The summed E-state index contributed by atoms with van der Waals surface area (Å²) < 4.78 is 6.69. The standard InChI is InChI=1S/C14H15ClN2O2S/c1-3-20-13-14(18)17(9-12(15)16-13)8-10-4-6-11(19-2)7-5-10/h4-7,9H,3,8H2,1-2H3. The largest absolute Gasteiger partial charge is 0.497 e. The van der Waals surface area contributed by atoms with Crippen LogP contribution in [-0.4, -0.2) is 22.4 Å². The van der Waals surface area contributed by atoms with Crippen molar-refractivity contribution >= 4 is 23.4 Å². The first-order valence-electron chi connectivity index (χ1n) is 6.16. The van der Waals surface area contributed by atoms with Gasteiger partial charge in [0.25, 0.3) is 5.56 Å². The van der Waals surface area contributed by atoms with E-state index in [1.54, 1.807) is 17.9 Å². The van der Waals surface area contributed by atoms with Crippen LogP contribution in [-0.2, 0) is 6.54 Å². The van der Waals surface area contributed by atoms with E-state index in [-0.39, 0.29) is 5.56 Å². The summed E-state index contributed by atoms with van der Waals surface area (Å²) in [5.74, 6) is 1.57. The molecule has 106 valence electrons. The molecule has 0 spiro atoms. The molecule has 1 heterocycles. The van der Waals surface area contributed by atoms with Gasteiger partial charge in [-0.2, -0.15) is 0 Å². The maximum atomic E-state index is 12.2. The molecule has 20 heavy (non-hydrogen) atoms. The predicted molar refractivity (Wildman–Crippen MR) is 82.0 cm³/mol. The molecule has 0 atom stereocenters. The van der Waals surface area contributed by atoms with E-state index >= 15 is 0 Å². The molecule has 0 aliphatic carbocycles. The fourth-order valence-corrected chi connectivity index (χ4v) is 2.69. The van der Waals surface area contributed by atoms with Gasteiger partial charge in [0.2, 0.25) is 0 Å². The molecule has 0 radical (unpaired) electrons. The fourth-order valence-electron chi connectivity index (χ4n) is 1.76. The van der Waals surface area contributed by atoms with E-state index in [0.29, 0.717) is 16.7 Å². The Morgan fingerprint density at radius 1 is 1.35 bits per heavy atom. The van der Waals surface area contributed by atoms with Gasteiger partial charge in [0.1, 0.15) is 10.9 Å². The van der Waals surface area contributed by atoms with Gasteiger partial charge in [-0.1, -0.05) is 30.7 Å². The lowest BCUT2D eigenvalue weighted by atomic mass is 10.2. The van der Waals surface area contributed by atoms with Gasteiger partial charge < -0.3 is 9.30 Å². The van der Waals surface area contributed by atoms with Crippen LogP contribution in [0.25, 0.3) is 0 Å². The Kier molecular flexibility index (Phi) is 5.09. The summed E-state index contributed by atoms with van der Waals surface area (Å²) in [6, 6.07) is 7.58. The van der Waals surface area contributed by atoms with Gasteiger partial charge >= 0.3 is 0 Å². The van der Waals surface area contributed by atoms with E-state index < -0.39 is 0 Å². The van der Waals surface area contributed by atoms with Crippen LogP contribution < -0.4 is 10.3 Å². The zero-order valence-electron chi connectivity index (χ0n) is 11.3. The maximum absolute atomic E-state index is 12.2. The second-order valence-electron chi connectivity index (χ2n) is 4.08. The zero-order chi connectivity index (χ0) is 14.5. The van der Waals surface area contributed by atoms with Crippen LogP contribution in [0, 0.1) is 0 Å². The number of nitrogens with zero attached hydrogens (tertiary/aromatic N) is 2. The summed E-state index contributed by atoms with van der Waals surface area (Å²) in [4.78, 5) is 16.3. The van der Waals surface area contributed by atoms with Gasteiger partial charge in [0, 0.05) is 6.20 Å². The topological polar surface area (TPSA) is 44.1 Å². The van der Waals surface area contributed by atoms with Crippen LogP contribution in [0.2, 0.25) is 5.15 Å². The number of thioether (sulfide) groups is 1. The monoisotopic (exact) mass is 310 g/mol. The minimum absolute atomic E-state index is 0.114. The first-order chi connectivity index (χ1) is 9.63. The van der Waals surface area contributed by atoms with Crippen LogP contribution in [0.3, 0.4) is 0 Å². The molecule has 1 aromatic carbocycles. The van der Waals surface area contributed by atoms with Crippen molar-refractivity contribution in [1.82, 2.24) is 9.55 Å². The van der Waals surface area contributed by atoms with Gasteiger partial charge in [-0.05, 0) is 23.4 Å². The van der Waals surface area contributed by atoms with Crippen molar-refractivity contribution in [1.29, 1.82) is 0 Å². The van der Waals surface area contributed by atoms with Gasteiger partial charge in [-0.3, -0.25) is 4.79 Å². The number of halogens is 1. The van der Waals surface area contributed by atoms with Crippen molar-refractivity contribution in [3.63, 3.8) is 0 Å². The molecule has 2 rings (SSSR count). The first kappa shape index (κ1) is 14.9. The molecule has 0 aliphatic heterocycles. The Hall–Kier alpha value is -1.46. The Morgan fingerprint density at radius 3 is 2.65 bits per heavy atom. The number of ether oxygens (including phenoxy) is 1. The summed E-state index contributed by atoms with van der Waals surface area (Å²) in [7, 11) is 1.62. The number of hydrogen-bond acceptors (Lipinski definition) is 4. The highest BCUT2D eigenvalue weighted by Gasteiger charge is 2.08. The molecule has 1 aromatic heterocycles. The average molecular weight is 311 g/mol. The number of hydrogen-bond donors (Lipinski definition) is 0. The average Bonchev–Trinajstić information content (AvgIpc) is 2.45. The van der Waals surface area contributed by atoms with Crippen molar-refractivity contribution in [2.75, 3.05) is 12.9 Å². The molecule has 0 saturated carbocycles. The predicted octanol–water partition coefficient (Wildman–Crippen LogP) is 3.07. The lowest BCUT2D eigenvalue weighted by Crippen LogP contribution is -2.23. The van der Waals surface area contributed by atoms with Crippen LogP contribution in [0.4, 0.5) is 0 Å². The third kappa shape index (κ3) is 3.55. The summed E-state index contributed by atoms with van der Waals surface area (Å²) in [5.41, 5.74) is 0.889. The zero-order valence-corrected chi connectivity index (χ0v) is 12.9. The highest BCUT2D eigenvalue weighted by molar-refractivity contribution is 7.99. The molecule has 0 unspecified atom stereocenters. The van der Waals surface area contributed by atoms with E-state index in [1.807, 2.05) is 31.2 Å². The van der Waals surface area contributed by atoms with Crippen LogP contribution in [0.5, 0.6) is 5.75 Å². The molecule has 6 heteroatoms. The molecule has 0 N–H and O–H groups in total. The molecular formula is C14H15ClN2O2S. The smallest absolute Gasteiger partial charge is 0.283 e. The highest BCUT2D eigenvalue weighted by Crippen LogP contribution is 2.15. The molecule has 0 aliphatic rings. The second-order valence-corrected chi connectivity index (χ2v) is 5.72. The Morgan fingerprint density at radius 2 is 2.05 bits per heavy atom. The Labute approximate surface area is 126 Å². The Bertz CT molecular complexity index is 641. The molecular weight excluding hydrogens is 296 g/mol. The van der Waals surface area contributed by atoms with E-state index in [4.69, 9.17) is 16.3 Å². The SMILES string of the molecule is CCSc1nc(Cl)cn(Cc2ccc(OC)cc2)c1=O. The summed E-state index contributed by atoms with van der Waals surface area (Å²) in [6.45, 7) is 2.43. The second kappa shape index (κ2) is 6.81. The lowest BCUT2D eigenvalue weighted by Gasteiger charge is -2.09. The Balaban J connectivity index is 2.30. The number of rotatable bonds is 5. The molecule has 4 nitrogen and oxygen atoms in total. The third-order valence-electron chi connectivity index (χ3n) is 2.71. The van der Waals surface area contributed by atoms with Crippen LogP contribution >= 0.6 is 23.4 Å². The maximum Gasteiger partial charge on any atom is 0.283 e. The first-order valence-corrected chi connectivity index (χ1v) is 7.53. The third-order valence-corrected chi connectivity index (χ3v) is 3.72. The van der Waals surface area contributed by atoms with E-state index in [1.165, 1.54) is 11.8 Å². The van der Waals surface area contributed by atoms with E-state index in [0.717, 1.165) is 17.1 Å². The number of benzene rings is 1. The molecule has 0 amide bonds. The van der Waals surface area contributed by atoms with Crippen molar-refractivity contribution in [3.05, 3.63) is 51.5 Å². The van der Waals surface area contributed by atoms with Crippen molar-refractivity contribution in [2.45, 2.75) is 18.5 Å². The van der Waals surface area contributed by atoms with Crippen molar-refractivity contribution in [3.8, 4) is 5.75 Å². The summed E-state index contributed by atoms with van der Waals surface area (Å²) in [6.07, 6.45) is 1.56. The number of aromatic nitrogens is 2. The van der Waals surface area contributed by atoms with Gasteiger partial charge in [0.05, 0.1) is 13.7 Å². The van der Waals surface area contributed by atoms with Crippen molar-refractivity contribution < 1.29 is 4.74 Å². The normalized spacial score (nSPS) is 10.6. The van der Waals surface area contributed by atoms with Gasteiger partial charge in [-0.25, -0.2) is 4.98 Å². The number of methoxy groups -OCH3 is 1. The summed E-state index contributed by atoms with van der Waals surface area (Å²) in [5, 5.41) is 0.766. The molecule has 0 fully saturated rings. The van der Waals surface area contributed by atoms with Gasteiger partial charge in [0.15, 0.2) is 5.03 Å². The lowest BCUT2D eigenvalue weighted by molar-refractivity contribution is 0.414. The molecule has 0 bridgehead atoms. The highest BCUT2D eigenvalue weighted by atomic mass is 35.5. The fraction of sp³-hybridized carbons (Fsp3) is 0.286. The van der Waals surface area contributed by atoms with E-state index in [9.17, 15) is 4.79 Å². The molecule has 2 aromatic rings. The van der Waals surface area contributed by atoms with Crippen molar-refractivity contribution in [2.24, 2.45) is 0 Å². The van der Waals surface area contributed by atoms with Gasteiger partial charge in [-0.15, -0.1) is 11.8 Å². The quantitative estimate of drug-likeness (QED) is 0.796.